The van der Waals surface area contributed by atoms with Gasteiger partial charge in [0.25, 0.3) is 0 Å². The van der Waals surface area contributed by atoms with Crippen molar-refractivity contribution in [1.29, 1.82) is 0 Å². The van der Waals surface area contributed by atoms with E-state index < -0.39 is 5.60 Å². The first-order valence-electron chi connectivity index (χ1n) is 7.96. The molecule has 0 aliphatic heterocycles. The lowest BCUT2D eigenvalue weighted by molar-refractivity contribution is -0.116. The lowest BCUT2D eigenvalue weighted by atomic mass is 9.80. The minimum atomic E-state index is -0.863. The number of aliphatic hydroxyl groups is 1. The van der Waals surface area contributed by atoms with E-state index in [9.17, 15) is 14.7 Å². The van der Waals surface area contributed by atoms with Crippen LogP contribution in [-0.2, 0) is 16.0 Å². The molecule has 0 radical (unpaired) electrons. The molecule has 1 aromatic carbocycles. The van der Waals surface area contributed by atoms with Crippen molar-refractivity contribution in [2.24, 2.45) is 0 Å². The van der Waals surface area contributed by atoms with Crippen LogP contribution >= 0.6 is 0 Å². The van der Waals surface area contributed by atoms with Crippen molar-refractivity contribution in [3.63, 3.8) is 0 Å². The average Bonchev–Trinajstić information content (AvgIpc) is 2.50. The molecular formula is C20H24O3. The second-order valence-electron chi connectivity index (χ2n) is 6.84. The van der Waals surface area contributed by atoms with Crippen molar-refractivity contribution in [2.75, 3.05) is 0 Å². The number of ketones is 2. The Morgan fingerprint density at radius 3 is 1.96 bits per heavy atom. The van der Waals surface area contributed by atoms with Gasteiger partial charge >= 0.3 is 0 Å². The Labute approximate surface area is 137 Å². The van der Waals surface area contributed by atoms with Crippen molar-refractivity contribution >= 4 is 11.6 Å². The number of rotatable bonds is 5. The maximum absolute atomic E-state index is 12.7. The van der Waals surface area contributed by atoms with Crippen LogP contribution in [0.5, 0.6) is 0 Å². The van der Waals surface area contributed by atoms with Crippen LogP contribution in [0.2, 0.25) is 0 Å². The highest BCUT2D eigenvalue weighted by molar-refractivity contribution is 6.24. The van der Waals surface area contributed by atoms with E-state index in [1.54, 1.807) is 27.7 Å². The van der Waals surface area contributed by atoms with Crippen molar-refractivity contribution in [3.8, 4) is 0 Å². The zero-order chi connectivity index (χ0) is 17.2. The van der Waals surface area contributed by atoms with E-state index in [4.69, 9.17) is 0 Å². The quantitative estimate of drug-likeness (QED) is 0.846. The molecule has 3 nitrogen and oxygen atoms in total. The largest absolute Gasteiger partial charge is 0.390 e. The molecule has 0 atom stereocenters. The Morgan fingerprint density at radius 2 is 1.43 bits per heavy atom. The van der Waals surface area contributed by atoms with Gasteiger partial charge in [-0.3, -0.25) is 9.59 Å². The third kappa shape index (κ3) is 4.05. The lowest BCUT2D eigenvalue weighted by Gasteiger charge is -2.23. The van der Waals surface area contributed by atoms with E-state index in [2.05, 4.69) is 0 Å². The van der Waals surface area contributed by atoms with Gasteiger partial charge < -0.3 is 5.11 Å². The summed E-state index contributed by atoms with van der Waals surface area (Å²) in [5.74, 6) is -0.103. The first-order valence-corrected chi connectivity index (χ1v) is 7.96. The zero-order valence-electron chi connectivity index (χ0n) is 14.3. The topological polar surface area (TPSA) is 54.4 Å². The van der Waals surface area contributed by atoms with Gasteiger partial charge in [0.15, 0.2) is 11.6 Å². The molecule has 0 amide bonds. The van der Waals surface area contributed by atoms with Crippen molar-refractivity contribution in [2.45, 2.75) is 52.6 Å². The summed E-state index contributed by atoms with van der Waals surface area (Å²) in [7, 11) is 0. The van der Waals surface area contributed by atoms with Crippen molar-refractivity contribution in [1.82, 2.24) is 0 Å². The predicted molar refractivity (Wildman–Crippen MR) is 91.1 cm³/mol. The molecule has 1 N–H and O–H groups in total. The van der Waals surface area contributed by atoms with Crippen LogP contribution in [-0.4, -0.2) is 22.3 Å². The first-order chi connectivity index (χ1) is 10.7. The molecule has 1 aliphatic carbocycles. The number of Topliss-reactive ketones (excluding diaryl/α,β-unsaturated/α-hetero) is 2. The monoisotopic (exact) mass is 312 g/mol. The fraction of sp³-hybridized carbons (Fsp3) is 0.400. The molecule has 0 spiro atoms. The van der Waals surface area contributed by atoms with Gasteiger partial charge in [-0.05, 0) is 46.1 Å². The number of carbonyl (C=O) groups excluding carboxylic acids is 2. The number of carbonyl (C=O) groups is 2. The van der Waals surface area contributed by atoms with E-state index in [0.717, 1.165) is 5.56 Å². The second-order valence-corrected chi connectivity index (χ2v) is 6.84. The summed E-state index contributed by atoms with van der Waals surface area (Å²) in [6, 6.07) is 9.69. The third-order valence-electron chi connectivity index (χ3n) is 4.37. The maximum atomic E-state index is 12.7. The second kappa shape index (κ2) is 6.63. The van der Waals surface area contributed by atoms with Crippen LogP contribution in [0.15, 0.2) is 52.6 Å². The Hall–Kier alpha value is -2.00. The van der Waals surface area contributed by atoms with Gasteiger partial charge in [0.1, 0.15) is 0 Å². The van der Waals surface area contributed by atoms with Crippen LogP contribution in [0.4, 0.5) is 0 Å². The molecule has 0 saturated heterocycles. The molecule has 0 aromatic heterocycles. The fourth-order valence-corrected chi connectivity index (χ4v) is 2.75. The molecule has 0 fully saturated rings. The molecule has 2 rings (SSSR count). The number of allylic oxidation sites excluding steroid dienone is 4. The standard InChI is InChI=1S/C20H24O3/c1-13-14(2)19(22)17(12-15-8-6-5-7-9-15)16(18(13)21)10-11-20(3,4)23/h5-9,23H,10-12H2,1-4H3. The lowest BCUT2D eigenvalue weighted by Crippen LogP contribution is -2.25. The SMILES string of the molecule is CC1=C(C)C(=O)C(Cc2ccccc2)=C(CCC(C)(C)O)C1=O. The molecule has 3 heteroatoms. The molecular weight excluding hydrogens is 288 g/mol. The minimum Gasteiger partial charge on any atom is -0.390 e. The van der Waals surface area contributed by atoms with Gasteiger partial charge in [-0.2, -0.15) is 0 Å². The van der Waals surface area contributed by atoms with Gasteiger partial charge in [-0.15, -0.1) is 0 Å². The van der Waals surface area contributed by atoms with Crippen LogP contribution in [0.25, 0.3) is 0 Å². The zero-order valence-corrected chi connectivity index (χ0v) is 14.3. The molecule has 23 heavy (non-hydrogen) atoms. The third-order valence-corrected chi connectivity index (χ3v) is 4.37. The van der Waals surface area contributed by atoms with Gasteiger partial charge in [-0.25, -0.2) is 0 Å². The van der Waals surface area contributed by atoms with Crippen LogP contribution in [0, 0.1) is 0 Å². The predicted octanol–water partition coefficient (Wildman–Crippen LogP) is 3.57. The fourth-order valence-electron chi connectivity index (χ4n) is 2.75. The Morgan fingerprint density at radius 1 is 0.913 bits per heavy atom. The highest BCUT2D eigenvalue weighted by Crippen LogP contribution is 2.30. The van der Waals surface area contributed by atoms with E-state index >= 15 is 0 Å². The summed E-state index contributed by atoms with van der Waals surface area (Å²) in [6.45, 7) is 6.85. The Bertz CT molecular complexity index is 685. The molecule has 0 heterocycles. The Kier molecular flexibility index (Phi) is 5.00. The van der Waals surface area contributed by atoms with Gasteiger partial charge in [-0.1, -0.05) is 30.3 Å². The number of hydrogen-bond acceptors (Lipinski definition) is 3. The molecule has 1 aliphatic rings. The van der Waals surface area contributed by atoms with Crippen molar-refractivity contribution < 1.29 is 14.7 Å². The van der Waals surface area contributed by atoms with Crippen LogP contribution in [0.1, 0.15) is 46.1 Å². The summed E-state index contributed by atoms with van der Waals surface area (Å²) >= 11 is 0. The van der Waals surface area contributed by atoms with Crippen LogP contribution in [0.3, 0.4) is 0 Å². The van der Waals surface area contributed by atoms with Gasteiger partial charge in [0, 0.05) is 28.7 Å². The maximum Gasteiger partial charge on any atom is 0.185 e. The summed E-state index contributed by atoms with van der Waals surface area (Å²) in [4.78, 5) is 25.3. The number of benzene rings is 1. The molecule has 0 bridgehead atoms. The molecule has 0 saturated carbocycles. The smallest absolute Gasteiger partial charge is 0.185 e. The minimum absolute atomic E-state index is 0.0447. The highest BCUT2D eigenvalue weighted by atomic mass is 16.3. The van der Waals surface area contributed by atoms with Gasteiger partial charge in [0.05, 0.1) is 5.60 Å². The van der Waals surface area contributed by atoms with E-state index in [0.29, 0.717) is 41.6 Å². The summed E-state index contributed by atoms with van der Waals surface area (Å²) in [5, 5.41) is 9.96. The van der Waals surface area contributed by atoms with E-state index in [1.807, 2.05) is 30.3 Å². The molecule has 122 valence electrons. The molecule has 0 unspecified atom stereocenters. The van der Waals surface area contributed by atoms with E-state index in [1.165, 1.54) is 0 Å². The van der Waals surface area contributed by atoms with Gasteiger partial charge in [0.2, 0.25) is 0 Å². The number of hydrogen-bond donors (Lipinski definition) is 1. The van der Waals surface area contributed by atoms with Crippen LogP contribution < -0.4 is 0 Å². The van der Waals surface area contributed by atoms with E-state index in [-0.39, 0.29) is 11.6 Å². The first kappa shape index (κ1) is 17.4. The summed E-state index contributed by atoms with van der Waals surface area (Å²) < 4.78 is 0. The average molecular weight is 312 g/mol. The Balaban J connectivity index is 2.41. The highest BCUT2D eigenvalue weighted by Gasteiger charge is 2.30. The summed E-state index contributed by atoms with van der Waals surface area (Å²) in [6.07, 6.45) is 1.32. The van der Waals surface area contributed by atoms with Crippen molar-refractivity contribution in [3.05, 3.63) is 58.2 Å². The summed E-state index contributed by atoms with van der Waals surface area (Å²) in [5.41, 5.74) is 2.35. The molecule has 1 aromatic rings. The normalized spacial score (nSPS) is 16.4.